The zero-order valence-electron chi connectivity index (χ0n) is 10.4. The van der Waals surface area contributed by atoms with E-state index >= 15 is 0 Å². The summed E-state index contributed by atoms with van der Waals surface area (Å²) >= 11 is 7.43. The third kappa shape index (κ3) is 3.25. The molecular weight excluding hydrogens is 266 g/mol. The fourth-order valence-corrected chi connectivity index (χ4v) is 2.72. The minimum Gasteiger partial charge on any atom is -0.488 e. The molecule has 1 atom stereocenters. The van der Waals surface area contributed by atoms with E-state index in [1.165, 1.54) is 16.9 Å². The molecule has 96 valence electrons. The van der Waals surface area contributed by atoms with E-state index in [-0.39, 0.29) is 6.04 Å². The van der Waals surface area contributed by atoms with Crippen LogP contribution >= 0.6 is 22.9 Å². The standard InChI is InChI=1S/C14H16ClNOS/c1-9-3-5-12(10(2)16)13(7-9)17-8-11-4-6-14(15)18-11/h3-7,10H,8,16H2,1-2H3. The lowest BCUT2D eigenvalue weighted by molar-refractivity contribution is 0.305. The van der Waals surface area contributed by atoms with Crippen LogP contribution in [0.1, 0.15) is 29.0 Å². The Labute approximate surface area is 116 Å². The summed E-state index contributed by atoms with van der Waals surface area (Å²) in [6.45, 7) is 4.53. The molecule has 0 spiro atoms. The lowest BCUT2D eigenvalue weighted by atomic mass is 10.1. The summed E-state index contributed by atoms with van der Waals surface area (Å²) in [5.41, 5.74) is 8.14. The van der Waals surface area contributed by atoms with E-state index in [9.17, 15) is 0 Å². The summed E-state index contributed by atoms with van der Waals surface area (Å²) in [4.78, 5) is 1.11. The molecule has 0 bridgehead atoms. The second kappa shape index (κ2) is 5.74. The van der Waals surface area contributed by atoms with Crippen LogP contribution in [0.15, 0.2) is 30.3 Å². The van der Waals surface area contributed by atoms with Gasteiger partial charge in [0.05, 0.1) is 4.34 Å². The zero-order chi connectivity index (χ0) is 13.1. The molecule has 2 aromatic rings. The van der Waals surface area contributed by atoms with E-state index in [2.05, 4.69) is 0 Å². The fraction of sp³-hybridized carbons (Fsp3) is 0.286. The van der Waals surface area contributed by atoms with Crippen molar-refractivity contribution in [1.29, 1.82) is 0 Å². The van der Waals surface area contributed by atoms with Crippen molar-refractivity contribution < 1.29 is 4.74 Å². The van der Waals surface area contributed by atoms with Crippen molar-refractivity contribution in [3.8, 4) is 5.75 Å². The number of thiophene rings is 1. The molecule has 2 rings (SSSR count). The molecule has 4 heteroatoms. The van der Waals surface area contributed by atoms with E-state index in [0.717, 1.165) is 20.5 Å². The highest BCUT2D eigenvalue weighted by Crippen LogP contribution is 2.28. The predicted molar refractivity (Wildman–Crippen MR) is 77.4 cm³/mol. The van der Waals surface area contributed by atoms with Crippen LogP contribution in [0.2, 0.25) is 4.34 Å². The van der Waals surface area contributed by atoms with Crippen LogP contribution in [0.5, 0.6) is 5.75 Å². The molecule has 1 heterocycles. The summed E-state index contributed by atoms with van der Waals surface area (Å²) in [5.74, 6) is 0.856. The van der Waals surface area contributed by atoms with Gasteiger partial charge in [0.15, 0.2) is 0 Å². The van der Waals surface area contributed by atoms with Crippen LogP contribution in [0.25, 0.3) is 0 Å². The Hall–Kier alpha value is -1.03. The second-order valence-electron chi connectivity index (χ2n) is 4.32. The molecule has 2 N–H and O–H groups in total. The van der Waals surface area contributed by atoms with E-state index < -0.39 is 0 Å². The minimum absolute atomic E-state index is 0.0347. The van der Waals surface area contributed by atoms with Crippen molar-refractivity contribution in [3.05, 3.63) is 50.7 Å². The first kappa shape index (κ1) is 13.4. The van der Waals surface area contributed by atoms with Gasteiger partial charge in [0.1, 0.15) is 12.4 Å². The molecule has 0 saturated carbocycles. The lowest BCUT2D eigenvalue weighted by Gasteiger charge is -2.14. The summed E-state index contributed by atoms with van der Waals surface area (Å²) in [6, 6.07) is 9.92. The zero-order valence-corrected chi connectivity index (χ0v) is 12.0. The van der Waals surface area contributed by atoms with Crippen molar-refractivity contribution in [3.63, 3.8) is 0 Å². The number of benzene rings is 1. The smallest absolute Gasteiger partial charge is 0.124 e. The topological polar surface area (TPSA) is 35.2 Å². The number of hydrogen-bond acceptors (Lipinski definition) is 3. The van der Waals surface area contributed by atoms with Crippen LogP contribution in [0, 0.1) is 6.92 Å². The highest BCUT2D eigenvalue weighted by molar-refractivity contribution is 7.16. The molecule has 0 fully saturated rings. The Balaban J connectivity index is 2.15. The second-order valence-corrected chi connectivity index (χ2v) is 6.12. The molecule has 1 aromatic carbocycles. The van der Waals surface area contributed by atoms with E-state index in [4.69, 9.17) is 22.1 Å². The van der Waals surface area contributed by atoms with Gasteiger partial charge in [-0.05, 0) is 37.6 Å². The van der Waals surface area contributed by atoms with Gasteiger partial charge in [-0.2, -0.15) is 0 Å². The first-order chi connectivity index (χ1) is 8.56. The number of nitrogens with two attached hydrogens (primary N) is 1. The predicted octanol–water partition coefficient (Wildman–Crippen LogP) is 4.31. The van der Waals surface area contributed by atoms with Crippen molar-refractivity contribution in [1.82, 2.24) is 0 Å². The van der Waals surface area contributed by atoms with Crippen molar-refractivity contribution in [2.45, 2.75) is 26.5 Å². The maximum atomic E-state index is 5.94. The number of halogens is 1. The van der Waals surface area contributed by atoms with E-state index in [1.807, 2.05) is 44.2 Å². The Morgan fingerprint density at radius 2 is 2.11 bits per heavy atom. The fourth-order valence-electron chi connectivity index (χ4n) is 1.72. The first-order valence-corrected chi connectivity index (χ1v) is 6.99. The Kier molecular flexibility index (Phi) is 4.27. The van der Waals surface area contributed by atoms with E-state index in [0.29, 0.717) is 6.61 Å². The quantitative estimate of drug-likeness (QED) is 0.906. The lowest BCUT2D eigenvalue weighted by Crippen LogP contribution is -2.08. The molecular formula is C14H16ClNOS. The number of hydrogen-bond donors (Lipinski definition) is 1. The molecule has 1 unspecified atom stereocenters. The Morgan fingerprint density at radius 3 is 2.72 bits per heavy atom. The molecule has 0 aliphatic carbocycles. The SMILES string of the molecule is Cc1ccc(C(C)N)c(OCc2ccc(Cl)s2)c1. The summed E-state index contributed by atoms with van der Waals surface area (Å²) in [6.07, 6.45) is 0. The van der Waals surface area contributed by atoms with Gasteiger partial charge < -0.3 is 10.5 Å². The molecule has 0 aliphatic rings. The average molecular weight is 282 g/mol. The van der Waals surface area contributed by atoms with Crippen molar-refractivity contribution in [2.75, 3.05) is 0 Å². The highest BCUT2D eigenvalue weighted by atomic mass is 35.5. The van der Waals surface area contributed by atoms with Crippen LogP contribution in [-0.4, -0.2) is 0 Å². The van der Waals surface area contributed by atoms with Crippen LogP contribution in [0.3, 0.4) is 0 Å². The minimum atomic E-state index is -0.0347. The first-order valence-electron chi connectivity index (χ1n) is 5.79. The molecule has 0 aliphatic heterocycles. The van der Waals surface area contributed by atoms with E-state index in [1.54, 1.807) is 0 Å². The summed E-state index contributed by atoms with van der Waals surface area (Å²) in [5, 5.41) is 0. The molecule has 0 radical (unpaired) electrons. The van der Waals surface area contributed by atoms with Gasteiger partial charge in [0, 0.05) is 16.5 Å². The molecule has 0 saturated heterocycles. The molecule has 18 heavy (non-hydrogen) atoms. The maximum absolute atomic E-state index is 5.94. The molecule has 0 amide bonds. The van der Waals surface area contributed by atoms with Gasteiger partial charge in [0.2, 0.25) is 0 Å². The van der Waals surface area contributed by atoms with Crippen molar-refractivity contribution in [2.24, 2.45) is 5.73 Å². The van der Waals surface area contributed by atoms with Gasteiger partial charge in [-0.25, -0.2) is 0 Å². The molecule has 2 nitrogen and oxygen atoms in total. The van der Waals surface area contributed by atoms with Crippen molar-refractivity contribution >= 4 is 22.9 Å². The van der Waals surface area contributed by atoms with Gasteiger partial charge in [-0.1, -0.05) is 23.7 Å². The van der Waals surface area contributed by atoms with Gasteiger partial charge in [0.25, 0.3) is 0 Å². The number of aryl methyl sites for hydroxylation is 1. The average Bonchev–Trinajstić information content (AvgIpc) is 2.72. The maximum Gasteiger partial charge on any atom is 0.124 e. The third-order valence-corrected chi connectivity index (χ3v) is 3.86. The summed E-state index contributed by atoms with van der Waals surface area (Å²) in [7, 11) is 0. The largest absolute Gasteiger partial charge is 0.488 e. The van der Waals surface area contributed by atoms with Gasteiger partial charge >= 0.3 is 0 Å². The van der Waals surface area contributed by atoms with Crippen LogP contribution < -0.4 is 10.5 Å². The normalized spacial score (nSPS) is 12.4. The monoisotopic (exact) mass is 281 g/mol. The highest BCUT2D eigenvalue weighted by Gasteiger charge is 2.09. The summed E-state index contributed by atoms with van der Waals surface area (Å²) < 4.78 is 6.63. The number of rotatable bonds is 4. The Morgan fingerprint density at radius 1 is 1.33 bits per heavy atom. The van der Waals surface area contributed by atoms with Crippen LogP contribution in [0.4, 0.5) is 0 Å². The Bertz CT molecular complexity index is 536. The van der Waals surface area contributed by atoms with Crippen LogP contribution in [-0.2, 0) is 6.61 Å². The van der Waals surface area contributed by atoms with Gasteiger partial charge in [-0.15, -0.1) is 11.3 Å². The molecule has 1 aromatic heterocycles. The van der Waals surface area contributed by atoms with Gasteiger partial charge in [-0.3, -0.25) is 0 Å². The third-order valence-electron chi connectivity index (χ3n) is 2.66. The number of ether oxygens (including phenoxy) is 1.